The van der Waals surface area contributed by atoms with Gasteiger partial charge in [-0.1, -0.05) is 68.5 Å². The lowest BCUT2D eigenvalue weighted by molar-refractivity contribution is -0.162. The van der Waals surface area contributed by atoms with Gasteiger partial charge in [-0.3, -0.25) is 14.4 Å². The second kappa shape index (κ2) is 10.8. The van der Waals surface area contributed by atoms with Crippen molar-refractivity contribution in [3.63, 3.8) is 0 Å². The molecule has 0 bridgehead atoms. The number of rotatable bonds is 7. The van der Waals surface area contributed by atoms with Crippen LogP contribution >= 0.6 is 0 Å². The number of allylic oxidation sites excluding steroid dienone is 1. The van der Waals surface area contributed by atoms with Gasteiger partial charge in [-0.2, -0.15) is 0 Å². The van der Waals surface area contributed by atoms with Crippen LogP contribution in [0.4, 0.5) is 0 Å². The molecule has 2 heterocycles. The Balaban J connectivity index is 1.28. The maximum atomic E-state index is 14.1. The third kappa shape index (κ3) is 5.10. The number of benzene rings is 3. The van der Waals surface area contributed by atoms with Crippen molar-refractivity contribution in [3.05, 3.63) is 83.6 Å². The highest BCUT2D eigenvalue weighted by molar-refractivity contribution is 5.92. The fourth-order valence-electron chi connectivity index (χ4n) is 6.88. The van der Waals surface area contributed by atoms with E-state index in [1.807, 2.05) is 66.7 Å². The number of piperidine rings is 1. The monoisotopic (exact) mass is 568 g/mol. The van der Waals surface area contributed by atoms with Crippen LogP contribution < -0.4 is 14.8 Å². The number of carbonyl (C=O) groups excluding carboxylic acids is 3. The highest BCUT2D eigenvalue weighted by Gasteiger charge is 2.57. The SMILES string of the molecule is COC(=O)[C@@]12C[C@@H](CC(=O)NCc3cccc4ccccc34)C(=O)N(Cc3ccc4c(c3)OCO4)C1=CCC(C)(C)C2. The number of methoxy groups -OCH3 is 1. The van der Waals surface area contributed by atoms with Crippen molar-refractivity contribution in [3.8, 4) is 11.5 Å². The number of nitrogens with one attached hydrogen (secondary N) is 1. The van der Waals surface area contributed by atoms with Crippen LogP contribution in [-0.4, -0.2) is 36.6 Å². The molecule has 1 fully saturated rings. The van der Waals surface area contributed by atoms with Gasteiger partial charge in [0.25, 0.3) is 0 Å². The van der Waals surface area contributed by atoms with Crippen LogP contribution in [0.25, 0.3) is 10.8 Å². The highest BCUT2D eigenvalue weighted by atomic mass is 16.7. The molecule has 1 saturated heterocycles. The second-order valence-electron chi connectivity index (χ2n) is 12.3. The van der Waals surface area contributed by atoms with Crippen molar-refractivity contribution in [2.24, 2.45) is 16.7 Å². The summed E-state index contributed by atoms with van der Waals surface area (Å²) in [6, 6.07) is 19.6. The largest absolute Gasteiger partial charge is 0.468 e. The zero-order valence-electron chi connectivity index (χ0n) is 24.3. The van der Waals surface area contributed by atoms with Crippen LogP contribution in [0.2, 0.25) is 0 Å². The molecule has 1 N–H and O–H groups in total. The van der Waals surface area contributed by atoms with Crippen LogP contribution in [-0.2, 0) is 32.2 Å². The number of hydrogen-bond donors (Lipinski definition) is 1. The van der Waals surface area contributed by atoms with E-state index in [9.17, 15) is 14.4 Å². The van der Waals surface area contributed by atoms with Crippen molar-refractivity contribution in [2.45, 2.75) is 52.6 Å². The van der Waals surface area contributed by atoms with Crippen LogP contribution in [0.15, 0.2) is 72.4 Å². The fourth-order valence-corrected chi connectivity index (χ4v) is 6.88. The molecule has 218 valence electrons. The summed E-state index contributed by atoms with van der Waals surface area (Å²) in [5.41, 5.74) is 1.32. The molecule has 0 unspecified atom stereocenters. The van der Waals surface area contributed by atoms with E-state index in [4.69, 9.17) is 14.2 Å². The van der Waals surface area contributed by atoms with Crippen LogP contribution in [0, 0.1) is 16.7 Å². The van der Waals surface area contributed by atoms with Crippen molar-refractivity contribution in [2.75, 3.05) is 13.9 Å². The molecule has 2 atom stereocenters. The van der Waals surface area contributed by atoms with Gasteiger partial charge in [0.15, 0.2) is 11.5 Å². The van der Waals surface area contributed by atoms with E-state index in [1.54, 1.807) is 4.90 Å². The van der Waals surface area contributed by atoms with Gasteiger partial charge in [-0.25, -0.2) is 0 Å². The predicted octanol–water partition coefficient (Wildman–Crippen LogP) is 5.49. The van der Waals surface area contributed by atoms with E-state index >= 15 is 0 Å². The van der Waals surface area contributed by atoms with Gasteiger partial charge in [0.1, 0.15) is 5.41 Å². The zero-order chi connectivity index (χ0) is 29.5. The van der Waals surface area contributed by atoms with Gasteiger partial charge in [0.05, 0.1) is 13.7 Å². The first kappa shape index (κ1) is 27.8. The second-order valence-corrected chi connectivity index (χ2v) is 12.3. The topological polar surface area (TPSA) is 94.2 Å². The summed E-state index contributed by atoms with van der Waals surface area (Å²) in [7, 11) is 1.39. The minimum atomic E-state index is -1.03. The number of hydrogen-bond acceptors (Lipinski definition) is 6. The van der Waals surface area contributed by atoms with Gasteiger partial charge >= 0.3 is 5.97 Å². The van der Waals surface area contributed by atoms with Crippen LogP contribution in [0.3, 0.4) is 0 Å². The number of ether oxygens (including phenoxy) is 3. The van der Waals surface area contributed by atoms with Crippen molar-refractivity contribution >= 4 is 28.6 Å². The molecular weight excluding hydrogens is 532 g/mol. The molecule has 3 aromatic rings. The third-order valence-corrected chi connectivity index (χ3v) is 8.76. The average Bonchev–Trinajstić information content (AvgIpc) is 3.45. The number of likely N-dealkylation sites (tertiary alicyclic amines) is 1. The van der Waals surface area contributed by atoms with E-state index in [0.717, 1.165) is 28.3 Å². The Morgan fingerprint density at radius 1 is 1.05 bits per heavy atom. The fraction of sp³-hybridized carbons (Fsp3) is 0.382. The molecule has 2 amide bonds. The summed E-state index contributed by atoms with van der Waals surface area (Å²) in [6.07, 6.45) is 3.47. The minimum Gasteiger partial charge on any atom is -0.468 e. The van der Waals surface area contributed by atoms with E-state index in [1.165, 1.54) is 7.11 Å². The van der Waals surface area contributed by atoms with E-state index in [0.29, 0.717) is 30.2 Å². The van der Waals surface area contributed by atoms with E-state index in [-0.39, 0.29) is 49.4 Å². The quantitative estimate of drug-likeness (QED) is 0.379. The van der Waals surface area contributed by atoms with Crippen molar-refractivity contribution in [1.82, 2.24) is 10.2 Å². The van der Waals surface area contributed by atoms with Gasteiger partial charge in [-0.05, 0) is 58.7 Å². The number of amides is 2. The first-order chi connectivity index (χ1) is 20.2. The summed E-state index contributed by atoms with van der Waals surface area (Å²) in [5, 5.41) is 5.20. The summed E-state index contributed by atoms with van der Waals surface area (Å²) in [4.78, 5) is 42.7. The molecular formula is C34H36N2O6. The maximum Gasteiger partial charge on any atom is 0.317 e. The van der Waals surface area contributed by atoms with Gasteiger partial charge in [0.2, 0.25) is 18.6 Å². The molecule has 2 aliphatic heterocycles. The number of nitrogens with zero attached hydrogens (tertiary/aromatic N) is 1. The summed E-state index contributed by atoms with van der Waals surface area (Å²) in [6.45, 7) is 4.99. The Hall–Kier alpha value is -4.33. The van der Waals surface area contributed by atoms with E-state index < -0.39 is 11.3 Å². The van der Waals surface area contributed by atoms with Crippen molar-refractivity contribution < 1.29 is 28.6 Å². The summed E-state index contributed by atoms with van der Waals surface area (Å²) >= 11 is 0. The smallest absolute Gasteiger partial charge is 0.317 e. The highest BCUT2D eigenvalue weighted by Crippen LogP contribution is 2.55. The Bertz CT molecular complexity index is 1590. The molecule has 6 rings (SSSR count). The van der Waals surface area contributed by atoms with Crippen LogP contribution in [0.1, 0.15) is 50.7 Å². The maximum absolute atomic E-state index is 14.1. The third-order valence-electron chi connectivity index (χ3n) is 8.76. The molecule has 0 spiro atoms. The lowest BCUT2D eigenvalue weighted by Crippen LogP contribution is -2.55. The molecule has 8 heteroatoms. The first-order valence-corrected chi connectivity index (χ1v) is 14.4. The van der Waals surface area contributed by atoms with Gasteiger partial charge in [0, 0.05) is 24.6 Å². The number of carbonyl (C=O) groups is 3. The summed E-state index contributed by atoms with van der Waals surface area (Å²) in [5.74, 6) is -0.167. The Morgan fingerprint density at radius 2 is 1.83 bits per heavy atom. The number of fused-ring (bicyclic) bond motifs is 3. The molecule has 1 aliphatic carbocycles. The predicted molar refractivity (Wildman–Crippen MR) is 157 cm³/mol. The lowest BCUT2D eigenvalue weighted by atomic mass is 9.59. The average molecular weight is 569 g/mol. The summed E-state index contributed by atoms with van der Waals surface area (Å²) < 4.78 is 16.4. The molecule has 0 aromatic heterocycles. The minimum absolute atomic E-state index is 0.0201. The Labute approximate surface area is 245 Å². The van der Waals surface area contributed by atoms with Gasteiger partial charge < -0.3 is 24.4 Å². The lowest BCUT2D eigenvalue weighted by Gasteiger charge is -2.51. The molecule has 3 aliphatic rings. The van der Waals surface area contributed by atoms with E-state index in [2.05, 4.69) is 19.2 Å². The standard InChI is InChI=1S/C34H36N2O6/c1-33(2)14-13-29-34(20-33,32(39)40-3)17-25(31(38)36(29)19-22-11-12-27-28(15-22)42-21-41-27)16-30(37)35-18-24-9-6-8-23-7-4-5-10-26(23)24/h4-13,15,25H,14,16-21H2,1-3H3,(H,35,37)/t25-,34-/m1/s1. The normalized spacial score (nSPS) is 22.4. The first-order valence-electron chi connectivity index (χ1n) is 14.4. The molecule has 8 nitrogen and oxygen atoms in total. The Morgan fingerprint density at radius 3 is 2.67 bits per heavy atom. The number of esters is 1. The van der Waals surface area contributed by atoms with Gasteiger partial charge in [-0.15, -0.1) is 0 Å². The van der Waals surface area contributed by atoms with Crippen LogP contribution in [0.5, 0.6) is 11.5 Å². The molecule has 0 radical (unpaired) electrons. The molecule has 3 aromatic carbocycles. The molecule has 42 heavy (non-hydrogen) atoms. The van der Waals surface area contributed by atoms with Crippen molar-refractivity contribution in [1.29, 1.82) is 0 Å². The Kier molecular flexibility index (Phi) is 7.17. The zero-order valence-corrected chi connectivity index (χ0v) is 24.3. The molecule has 0 saturated carbocycles.